The van der Waals surface area contributed by atoms with Crippen LogP contribution in [0.5, 0.6) is 0 Å². The van der Waals surface area contributed by atoms with Gasteiger partial charge in [-0.1, -0.05) is 20.8 Å². The standard InChI is InChI=1S/C11H18N2S/c1-11(2,3)8-13-9-5-6-10(14-4)12-7-9/h5-7,13H,8H2,1-4H3. The van der Waals surface area contributed by atoms with Crippen LogP contribution in [0.3, 0.4) is 0 Å². The topological polar surface area (TPSA) is 24.9 Å². The van der Waals surface area contributed by atoms with Crippen LogP contribution in [0.2, 0.25) is 0 Å². The maximum Gasteiger partial charge on any atom is 0.0958 e. The summed E-state index contributed by atoms with van der Waals surface area (Å²) >= 11 is 1.66. The zero-order valence-electron chi connectivity index (χ0n) is 9.29. The molecule has 0 aromatic carbocycles. The van der Waals surface area contributed by atoms with Gasteiger partial charge in [-0.25, -0.2) is 4.98 Å². The lowest BCUT2D eigenvalue weighted by Gasteiger charge is -2.19. The molecule has 0 radical (unpaired) electrons. The number of aromatic nitrogens is 1. The molecule has 0 aliphatic carbocycles. The van der Waals surface area contributed by atoms with Gasteiger partial charge in [0, 0.05) is 6.54 Å². The number of hydrogen-bond donors (Lipinski definition) is 1. The Morgan fingerprint density at radius 3 is 2.50 bits per heavy atom. The summed E-state index contributed by atoms with van der Waals surface area (Å²) in [5, 5.41) is 4.43. The van der Waals surface area contributed by atoms with E-state index in [-0.39, 0.29) is 0 Å². The third kappa shape index (κ3) is 4.01. The van der Waals surface area contributed by atoms with Crippen LogP contribution in [0, 0.1) is 5.41 Å². The fourth-order valence-electron chi connectivity index (χ4n) is 0.973. The van der Waals surface area contributed by atoms with Crippen LogP contribution in [0.15, 0.2) is 23.4 Å². The predicted octanol–water partition coefficient (Wildman–Crippen LogP) is 3.26. The van der Waals surface area contributed by atoms with Crippen molar-refractivity contribution in [2.75, 3.05) is 18.1 Å². The smallest absolute Gasteiger partial charge is 0.0958 e. The van der Waals surface area contributed by atoms with Gasteiger partial charge in [0.05, 0.1) is 16.9 Å². The van der Waals surface area contributed by atoms with Crippen molar-refractivity contribution in [3.63, 3.8) is 0 Å². The first kappa shape index (κ1) is 11.4. The zero-order valence-corrected chi connectivity index (χ0v) is 10.1. The van der Waals surface area contributed by atoms with E-state index < -0.39 is 0 Å². The molecule has 0 saturated heterocycles. The summed E-state index contributed by atoms with van der Waals surface area (Å²) in [7, 11) is 0. The van der Waals surface area contributed by atoms with E-state index in [0.717, 1.165) is 17.3 Å². The summed E-state index contributed by atoms with van der Waals surface area (Å²) < 4.78 is 0. The number of rotatable bonds is 3. The molecule has 14 heavy (non-hydrogen) atoms. The molecule has 1 rings (SSSR count). The molecule has 0 atom stereocenters. The molecular weight excluding hydrogens is 192 g/mol. The lowest BCUT2D eigenvalue weighted by molar-refractivity contribution is 0.443. The fraction of sp³-hybridized carbons (Fsp3) is 0.545. The molecule has 1 heterocycles. The Hall–Kier alpha value is -0.700. The summed E-state index contributed by atoms with van der Waals surface area (Å²) in [6.07, 6.45) is 3.92. The molecule has 0 fully saturated rings. The lowest BCUT2D eigenvalue weighted by atomic mass is 9.97. The monoisotopic (exact) mass is 210 g/mol. The van der Waals surface area contributed by atoms with Crippen molar-refractivity contribution in [3.8, 4) is 0 Å². The Balaban J connectivity index is 2.52. The van der Waals surface area contributed by atoms with Gasteiger partial charge in [-0.3, -0.25) is 0 Å². The van der Waals surface area contributed by atoms with Gasteiger partial charge in [0.25, 0.3) is 0 Å². The highest BCUT2D eigenvalue weighted by molar-refractivity contribution is 7.98. The van der Waals surface area contributed by atoms with E-state index in [1.54, 1.807) is 11.8 Å². The van der Waals surface area contributed by atoms with Crippen LogP contribution in [0.1, 0.15) is 20.8 Å². The maximum atomic E-state index is 4.30. The molecule has 0 saturated carbocycles. The van der Waals surface area contributed by atoms with Crippen LogP contribution in [-0.4, -0.2) is 17.8 Å². The number of nitrogens with zero attached hydrogens (tertiary/aromatic N) is 1. The fourth-order valence-corrected chi connectivity index (χ4v) is 1.34. The molecule has 78 valence electrons. The first-order valence-corrected chi connectivity index (χ1v) is 5.98. The van der Waals surface area contributed by atoms with Gasteiger partial charge < -0.3 is 5.32 Å². The van der Waals surface area contributed by atoms with E-state index in [1.807, 2.05) is 18.5 Å². The maximum absolute atomic E-state index is 4.30. The zero-order chi connectivity index (χ0) is 10.6. The molecule has 1 N–H and O–H groups in total. The van der Waals surface area contributed by atoms with Crippen molar-refractivity contribution in [2.24, 2.45) is 5.41 Å². The molecule has 1 aromatic rings. The van der Waals surface area contributed by atoms with Crippen LogP contribution >= 0.6 is 11.8 Å². The Morgan fingerprint density at radius 2 is 2.07 bits per heavy atom. The molecule has 0 aliphatic heterocycles. The summed E-state index contributed by atoms with van der Waals surface area (Å²) in [5.41, 5.74) is 1.40. The van der Waals surface area contributed by atoms with E-state index in [0.29, 0.717) is 5.41 Å². The highest BCUT2D eigenvalue weighted by Crippen LogP contribution is 2.17. The minimum absolute atomic E-state index is 0.304. The van der Waals surface area contributed by atoms with Gasteiger partial charge in [-0.2, -0.15) is 0 Å². The second-order valence-electron chi connectivity index (χ2n) is 4.50. The first-order chi connectivity index (χ1) is 6.51. The number of hydrogen-bond acceptors (Lipinski definition) is 3. The van der Waals surface area contributed by atoms with Gasteiger partial charge in [0.15, 0.2) is 0 Å². The molecule has 2 nitrogen and oxygen atoms in total. The molecule has 0 spiro atoms. The quantitative estimate of drug-likeness (QED) is 0.775. The summed E-state index contributed by atoms with van der Waals surface area (Å²) in [6, 6.07) is 4.11. The third-order valence-corrected chi connectivity index (χ3v) is 2.43. The number of thioether (sulfide) groups is 1. The SMILES string of the molecule is CSc1ccc(NCC(C)(C)C)cn1. The minimum Gasteiger partial charge on any atom is -0.383 e. The van der Waals surface area contributed by atoms with Crippen molar-refractivity contribution in [1.29, 1.82) is 0 Å². The highest BCUT2D eigenvalue weighted by Gasteiger charge is 2.09. The molecule has 0 unspecified atom stereocenters. The first-order valence-electron chi connectivity index (χ1n) is 4.75. The molecule has 0 amide bonds. The average molecular weight is 210 g/mol. The second kappa shape index (κ2) is 4.69. The second-order valence-corrected chi connectivity index (χ2v) is 5.33. The minimum atomic E-state index is 0.304. The predicted molar refractivity (Wildman–Crippen MR) is 64.0 cm³/mol. The Morgan fingerprint density at radius 1 is 1.36 bits per heavy atom. The van der Waals surface area contributed by atoms with Crippen LogP contribution in [0.4, 0.5) is 5.69 Å². The van der Waals surface area contributed by atoms with Crippen molar-refractivity contribution in [2.45, 2.75) is 25.8 Å². The molecule has 0 aliphatic rings. The van der Waals surface area contributed by atoms with E-state index in [1.165, 1.54) is 0 Å². The average Bonchev–Trinajstić information content (AvgIpc) is 2.14. The Bertz CT molecular complexity index is 274. The van der Waals surface area contributed by atoms with Crippen molar-refractivity contribution >= 4 is 17.4 Å². The Kier molecular flexibility index (Phi) is 3.81. The van der Waals surface area contributed by atoms with E-state index in [9.17, 15) is 0 Å². The van der Waals surface area contributed by atoms with Gasteiger partial charge in [0.1, 0.15) is 0 Å². The number of pyridine rings is 1. The normalized spacial score (nSPS) is 11.4. The third-order valence-electron chi connectivity index (χ3n) is 1.77. The highest BCUT2D eigenvalue weighted by atomic mass is 32.2. The van der Waals surface area contributed by atoms with Crippen LogP contribution < -0.4 is 5.32 Å². The number of anilines is 1. The van der Waals surface area contributed by atoms with Crippen LogP contribution in [-0.2, 0) is 0 Å². The van der Waals surface area contributed by atoms with Crippen molar-refractivity contribution < 1.29 is 0 Å². The van der Waals surface area contributed by atoms with Gasteiger partial charge in [-0.05, 0) is 23.8 Å². The van der Waals surface area contributed by atoms with E-state index in [2.05, 4.69) is 37.1 Å². The van der Waals surface area contributed by atoms with Crippen molar-refractivity contribution in [3.05, 3.63) is 18.3 Å². The summed E-state index contributed by atoms with van der Waals surface area (Å²) in [6.45, 7) is 7.60. The van der Waals surface area contributed by atoms with Gasteiger partial charge in [-0.15, -0.1) is 11.8 Å². The number of nitrogens with one attached hydrogen (secondary N) is 1. The largest absolute Gasteiger partial charge is 0.383 e. The molecule has 3 heteroatoms. The lowest BCUT2D eigenvalue weighted by Crippen LogP contribution is -2.18. The summed E-state index contributed by atoms with van der Waals surface area (Å²) in [5.74, 6) is 0. The molecule has 0 bridgehead atoms. The molecular formula is C11H18N2S. The van der Waals surface area contributed by atoms with Crippen LogP contribution in [0.25, 0.3) is 0 Å². The van der Waals surface area contributed by atoms with Gasteiger partial charge >= 0.3 is 0 Å². The Labute approximate surface area is 90.5 Å². The molecule has 1 aromatic heterocycles. The summed E-state index contributed by atoms with van der Waals surface area (Å²) in [4.78, 5) is 4.30. The van der Waals surface area contributed by atoms with Gasteiger partial charge in [0.2, 0.25) is 0 Å². The van der Waals surface area contributed by atoms with E-state index >= 15 is 0 Å². The van der Waals surface area contributed by atoms with Crippen molar-refractivity contribution in [1.82, 2.24) is 4.98 Å². The van der Waals surface area contributed by atoms with E-state index in [4.69, 9.17) is 0 Å².